The van der Waals surface area contributed by atoms with E-state index in [1.807, 2.05) is 6.92 Å². The number of thiazole rings is 1. The molecule has 1 aromatic heterocycles. The number of sulfone groups is 1. The molecule has 1 aromatic carbocycles. The van der Waals surface area contributed by atoms with Gasteiger partial charge in [0.05, 0.1) is 20.4 Å². The minimum absolute atomic E-state index is 0.0426. The van der Waals surface area contributed by atoms with Crippen molar-refractivity contribution >= 4 is 38.8 Å². The van der Waals surface area contributed by atoms with Crippen molar-refractivity contribution in [2.45, 2.75) is 65.6 Å². The van der Waals surface area contributed by atoms with Crippen molar-refractivity contribution in [2.75, 3.05) is 5.75 Å². The zero-order chi connectivity index (χ0) is 19.3. The molecule has 1 heterocycles. The van der Waals surface area contributed by atoms with Gasteiger partial charge in [-0.1, -0.05) is 43.4 Å². The maximum atomic E-state index is 12.9. The van der Waals surface area contributed by atoms with Gasteiger partial charge >= 0.3 is 0 Å². The molecule has 8 heteroatoms. The third-order valence-corrected chi connectivity index (χ3v) is 8.74. The maximum absolute atomic E-state index is 12.9. The molecule has 1 saturated carbocycles. The second-order valence-corrected chi connectivity index (χ2v) is 10.8. The molecule has 0 saturated heterocycles. The number of hydrogen-bond acceptors (Lipinski definition) is 6. The molecular formula is C19H24N2O3S3. The fraction of sp³-hybridized carbons (Fsp3) is 0.474. The highest BCUT2D eigenvalue weighted by Gasteiger charge is 2.25. The van der Waals surface area contributed by atoms with Crippen LogP contribution in [0.2, 0.25) is 0 Å². The summed E-state index contributed by atoms with van der Waals surface area (Å²) in [6.07, 6.45) is 6.86. The van der Waals surface area contributed by atoms with Crippen molar-refractivity contribution in [3.05, 3.63) is 35.3 Å². The van der Waals surface area contributed by atoms with Gasteiger partial charge in [0.15, 0.2) is 5.03 Å². The summed E-state index contributed by atoms with van der Waals surface area (Å²) in [5, 5.41) is 3.14. The van der Waals surface area contributed by atoms with E-state index in [0.717, 1.165) is 31.2 Å². The third-order valence-electron chi connectivity index (χ3n) is 4.64. The van der Waals surface area contributed by atoms with Gasteiger partial charge in [-0.2, -0.15) is 0 Å². The summed E-state index contributed by atoms with van der Waals surface area (Å²) in [6, 6.07) is 6.98. The van der Waals surface area contributed by atoms with E-state index in [1.54, 1.807) is 24.3 Å². The summed E-state index contributed by atoms with van der Waals surface area (Å²) in [5.41, 5.74) is 2.52. The lowest BCUT2D eigenvalue weighted by atomic mass is 10.1. The van der Waals surface area contributed by atoms with Crippen LogP contribution in [0, 0.1) is 6.92 Å². The van der Waals surface area contributed by atoms with Crippen molar-refractivity contribution in [2.24, 2.45) is 0 Å². The number of carbonyl (C=O) groups is 1. The van der Waals surface area contributed by atoms with Crippen molar-refractivity contribution in [3.8, 4) is 0 Å². The Labute approximate surface area is 168 Å². The number of benzene rings is 1. The van der Waals surface area contributed by atoms with Crippen molar-refractivity contribution in [1.82, 2.24) is 10.3 Å². The molecule has 1 amide bonds. The molecule has 1 aliphatic rings. The Kier molecular flexibility index (Phi) is 6.94. The predicted molar refractivity (Wildman–Crippen MR) is 109 cm³/mol. The standard InChI is InChI=1S/C19H24N2O3S3/c1-14-8-10-16(11-9-14)27(23,24)18-19(26-13-20-18)25-12-17(22)21-15-6-4-2-3-5-7-15/h8-11,13,15H,2-7,12H2,1H3,(H,21,22). The SMILES string of the molecule is Cc1ccc(S(=O)(=O)c2ncsc2SCC(=O)NC2CCCCCC2)cc1. The average molecular weight is 425 g/mol. The summed E-state index contributed by atoms with van der Waals surface area (Å²) in [5.74, 6) is 0.161. The third kappa shape index (κ3) is 5.33. The first-order chi connectivity index (χ1) is 13.0. The van der Waals surface area contributed by atoms with Crippen LogP contribution in [-0.4, -0.2) is 31.1 Å². The minimum Gasteiger partial charge on any atom is -0.353 e. The molecule has 27 heavy (non-hydrogen) atoms. The van der Waals surface area contributed by atoms with Crippen LogP contribution in [0.5, 0.6) is 0 Å². The Bertz CT molecular complexity index is 868. The molecule has 0 aliphatic heterocycles. The van der Waals surface area contributed by atoms with Crippen molar-refractivity contribution in [1.29, 1.82) is 0 Å². The molecule has 2 aromatic rings. The molecule has 0 atom stereocenters. The second-order valence-electron chi connectivity index (χ2n) is 6.81. The molecule has 1 aliphatic carbocycles. The Morgan fingerprint density at radius 1 is 1.19 bits per heavy atom. The van der Waals surface area contributed by atoms with Gasteiger partial charge in [-0.05, 0) is 31.9 Å². The largest absolute Gasteiger partial charge is 0.353 e. The van der Waals surface area contributed by atoms with E-state index in [9.17, 15) is 13.2 Å². The summed E-state index contributed by atoms with van der Waals surface area (Å²) in [4.78, 5) is 16.6. The van der Waals surface area contributed by atoms with Crippen LogP contribution in [0.1, 0.15) is 44.1 Å². The number of amides is 1. The number of thioether (sulfide) groups is 1. The van der Waals surface area contributed by atoms with E-state index < -0.39 is 9.84 Å². The smallest absolute Gasteiger partial charge is 0.230 e. The van der Waals surface area contributed by atoms with Crippen LogP contribution in [0.3, 0.4) is 0 Å². The number of hydrogen-bond donors (Lipinski definition) is 1. The lowest BCUT2D eigenvalue weighted by molar-refractivity contribution is -0.119. The second kappa shape index (κ2) is 9.21. The molecule has 0 unspecified atom stereocenters. The fourth-order valence-electron chi connectivity index (χ4n) is 3.15. The van der Waals surface area contributed by atoms with E-state index in [2.05, 4.69) is 10.3 Å². The molecule has 5 nitrogen and oxygen atoms in total. The van der Waals surface area contributed by atoms with E-state index >= 15 is 0 Å². The number of nitrogens with one attached hydrogen (secondary N) is 1. The maximum Gasteiger partial charge on any atom is 0.230 e. The first-order valence-electron chi connectivity index (χ1n) is 9.14. The average Bonchev–Trinajstić information content (AvgIpc) is 2.98. The summed E-state index contributed by atoms with van der Waals surface area (Å²) in [7, 11) is -3.68. The van der Waals surface area contributed by atoms with E-state index in [4.69, 9.17) is 0 Å². The van der Waals surface area contributed by atoms with Gasteiger partial charge in [0, 0.05) is 6.04 Å². The molecule has 0 bridgehead atoms. The first-order valence-corrected chi connectivity index (χ1v) is 12.5. The zero-order valence-corrected chi connectivity index (χ0v) is 17.8. The Morgan fingerprint density at radius 2 is 1.85 bits per heavy atom. The highest BCUT2D eigenvalue weighted by atomic mass is 32.2. The van der Waals surface area contributed by atoms with Crippen LogP contribution >= 0.6 is 23.1 Å². The number of aromatic nitrogens is 1. The van der Waals surface area contributed by atoms with Gasteiger partial charge in [0.2, 0.25) is 15.7 Å². The molecule has 1 N–H and O–H groups in total. The predicted octanol–water partition coefficient (Wildman–Crippen LogP) is 4.22. The molecular weight excluding hydrogens is 400 g/mol. The molecule has 1 fully saturated rings. The molecule has 3 rings (SSSR count). The van der Waals surface area contributed by atoms with Gasteiger partial charge < -0.3 is 5.32 Å². The van der Waals surface area contributed by atoms with Gasteiger partial charge in [-0.3, -0.25) is 4.79 Å². The Balaban J connectivity index is 1.64. The molecule has 146 valence electrons. The lowest BCUT2D eigenvalue weighted by Crippen LogP contribution is -2.35. The highest BCUT2D eigenvalue weighted by Crippen LogP contribution is 2.33. The van der Waals surface area contributed by atoms with Crippen molar-refractivity contribution in [3.63, 3.8) is 0 Å². The normalized spacial score (nSPS) is 16.0. The number of nitrogens with zero attached hydrogens (tertiary/aromatic N) is 1. The lowest BCUT2D eigenvalue weighted by Gasteiger charge is -2.15. The van der Waals surface area contributed by atoms with Crippen LogP contribution in [0.4, 0.5) is 0 Å². The van der Waals surface area contributed by atoms with E-state index in [1.165, 1.54) is 41.5 Å². The summed E-state index contributed by atoms with van der Waals surface area (Å²) < 4.78 is 26.3. The number of aryl methyl sites for hydroxylation is 1. The van der Waals surface area contributed by atoms with Crippen LogP contribution in [0.15, 0.2) is 43.9 Å². The Hall–Kier alpha value is -1.38. The van der Waals surface area contributed by atoms with Gasteiger partial charge in [0.25, 0.3) is 0 Å². The Morgan fingerprint density at radius 3 is 2.52 bits per heavy atom. The van der Waals surface area contributed by atoms with E-state index in [0.29, 0.717) is 4.21 Å². The summed E-state index contributed by atoms with van der Waals surface area (Å²) in [6.45, 7) is 1.91. The topological polar surface area (TPSA) is 76.1 Å². The quantitative estimate of drug-likeness (QED) is 0.555. The van der Waals surface area contributed by atoms with Gasteiger partial charge in [-0.25, -0.2) is 13.4 Å². The summed E-state index contributed by atoms with van der Waals surface area (Å²) >= 11 is 2.50. The van der Waals surface area contributed by atoms with Gasteiger partial charge in [-0.15, -0.1) is 23.1 Å². The first kappa shape index (κ1) is 20.4. The fourth-order valence-corrected chi connectivity index (χ4v) is 6.83. The number of carbonyl (C=O) groups excluding carboxylic acids is 1. The van der Waals surface area contributed by atoms with Crippen LogP contribution < -0.4 is 5.32 Å². The van der Waals surface area contributed by atoms with Crippen molar-refractivity contribution < 1.29 is 13.2 Å². The minimum atomic E-state index is -3.68. The monoisotopic (exact) mass is 424 g/mol. The van der Waals surface area contributed by atoms with Crippen LogP contribution in [0.25, 0.3) is 0 Å². The molecule has 0 radical (unpaired) electrons. The van der Waals surface area contributed by atoms with E-state index in [-0.39, 0.29) is 27.6 Å². The van der Waals surface area contributed by atoms with Gasteiger partial charge in [0.1, 0.15) is 0 Å². The van der Waals surface area contributed by atoms with Crippen LogP contribution in [-0.2, 0) is 14.6 Å². The number of rotatable bonds is 6. The molecule has 0 spiro atoms. The highest BCUT2D eigenvalue weighted by molar-refractivity contribution is 8.02. The zero-order valence-electron chi connectivity index (χ0n) is 15.3.